The fraction of sp³-hybridized carbons (Fsp3) is 0.478. The van der Waals surface area contributed by atoms with Crippen molar-refractivity contribution in [2.45, 2.75) is 33.0 Å². The number of nitrogens with one attached hydrogen (secondary N) is 3. The second kappa shape index (κ2) is 10.7. The molecule has 2 aromatic rings. The average Bonchev–Trinajstić information content (AvgIpc) is 3.28. The molecule has 2 aliphatic heterocycles. The number of anilines is 2. The summed E-state index contributed by atoms with van der Waals surface area (Å²) in [5.74, 6) is 0.632. The van der Waals surface area contributed by atoms with Gasteiger partial charge in [-0.3, -0.25) is 0 Å². The third-order valence-electron chi connectivity index (χ3n) is 5.82. The summed E-state index contributed by atoms with van der Waals surface area (Å²) in [6, 6.07) is 7.03. The van der Waals surface area contributed by atoms with Gasteiger partial charge in [-0.2, -0.15) is 0 Å². The smallest absolute Gasteiger partial charge is 0.319 e. The van der Waals surface area contributed by atoms with Crippen LogP contribution in [0.1, 0.15) is 25.1 Å². The van der Waals surface area contributed by atoms with E-state index in [4.69, 9.17) is 19.8 Å². The lowest BCUT2D eigenvalue weighted by molar-refractivity contribution is 0.0980. The number of carbonyl (C=O) groups excluding carboxylic acids is 2. The molecule has 0 aliphatic carbocycles. The summed E-state index contributed by atoms with van der Waals surface area (Å²) in [6.45, 7) is 7.37. The molecule has 1 atom stereocenters. The van der Waals surface area contributed by atoms with Crippen LogP contribution in [-0.2, 0) is 17.8 Å². The number of fused-ring (bicyclic) bond motifs is 1. The topological polar surface area (TPSA) is 132 Å². The molecule has 4 rings (SSSR count). The third kappa shape index (κ3) is 5.20. The molecule has 1 aromatic heterocycles. The Balaban J connectivity index is 1.64. The summed E-state index contributed by atoms with van der Waals surface area (Å²) in [7, 11) is 0. The lowest BCUT2D eigenvalue weighted by atomic mass is 10.1. The molecule has 1 aromatic carbocycles. The fourth-order valence-corrected chi connectivity index (χ4v) is 4.10. The van der Waals surface area contributed by atoms with Crippen molar-refractivity contribution in [1.82, 2.24) is 25.5 Å². The van der Waals surface area contributed by atoms with Crippen LogP contribution < -0.4 is 20.9 Å². The highest BCUT2D eigenvalue weighted by Gasteiger charge is 2.31. The second-order valence-corrected chi connectivity index (χ2v) is 8.29. The van der Waals surface area contributed by atoms with E-state index in [1.165, 1.54) is 0 Å². The zero-order valence-electron chi connectivity index (χ0n) is 19.5. The lowest BCUT2D eigenvalue weighted by Gasteiger charge is -2.33. The lowest BCUT2D eigenvalue weighted by Crippen LogP contribution is -2.44. The monoisotopic (exact) mass is 469 g/mol. The van der Waals surface area contributed by atoms with Crippen LogP contribution in [0, 0.1) is 0 Å². The van der Waals surface area contributed by atoms with Crippen LogP contribution in [0.3, 0.4) is 0 Å². The standard InChI is InChI=1S/C23H31N7O4/c1-3-24-23(33)29-12-18-19(13-29)27-21(30-9-11-34-14-15(30)2)28-20(18)16-4-6-17(7-5-16)26-22(32)25-8-10-31/h4-7,15,31H,3,8-14H2,1-2H3,(H,24,33)(H2,25,26,32)/t15-/m0/s1. The first-order valence-corrected chi connectivity index (χ1v) is 11.5. The van der Waals surface area contributed by atoms with Crippen molar-refractivity contribution in [3.8, 4) is 11.3 Å². The number of amides is 4. The predicted molar refractivity (Wildman–Crippen MR) is 128 cm³/mol. The maximum absolute atomic E-state index is 12.5. The highest BCUT2D eigenvalue weighted by atomic mass is 16.5. The van der Waals surface area contributed by atoms with Gasteiger partial charge in [0.1, 0.15) is 0 Å². The number of morpholine rings is 1. The molecule has 4 amide bonds. The fourth-order valence-electron chi connectivity index (χ4n) is 4.10. The molecule has 0 unspecified atom stereocenters. The molecule has 1 fully saturated rings. The van der Waals surface area contributed by atoms with E-state index in [0.717, 1.165) is 22.5 Å². The van der Waals surface area contributed by atoms with Gasteiger partial charge in [-0.25, -0.2) is 19.6 Å². The number of hydrogen-bond acceptors (Lipinski definition) is 7. The summed E-state index contributed by atoms with van der Waals surface area (Å²) >= 11 is 0. The van der Waals surface area contributed by atoms with Gasteiger partial charge in [-0.15, -0.1) is 0 Å². The van der Waals surface area contributed by atoms with Crippen LogP contribution in [-0.4, -0.2) is 77.5 Å². The Bertz CT molecular complexity index is 1030. The molecule has 2 aliphatic rings. The Kier molecular flexibility index (Phi) is 7.43. The van der Waals surface area contributed by atoms with Crippen molar-refractivity contribution in [3.63, 3.8) is 0 Å². The van der Waals surface area contributed by atoms with Gasteiger partial charge >= 0.3 is 12.1 Å². The number of benzene rings is 1. The van der Waals surface area contributed by atoms with Crippen LogP contribution in [0.2, 0.25) is 0 Å². The van der Waals surface area contributed by atoms with Gasteiger partial charge in [0.2, 0.25) is 5.95 Å². The molecule has 0 saturated carbocycles. The first-order chi connectivity index (χ1) is 16.5. The largest absolute Gasteiger partial charge is 0.395 e. The summed E-state index contributed by atoms with van der Waals surface area (Å²) in [6.07, 6.45) is 0. The molecule has 34 heavy (non-hydrogen) atoms. The van der Waals surface area contributed by atoms with Crippen molar-refractivity contribution in [2.24, 2.45) is 0 Å². The second-order valence-electron chi connectivity index (χ2n) is 8.29. The summed E-state index contributed by atoms with van der Waals surface area (Å²) < 4.78 is 5.57. The molecular weight excluding hydrogens is 438 g/mol. The van der Waals surface area contributed by atoms with Gasteiger partial charge < -0.3 is 35.6 Å². The molecule has 182 valence electrons. The first-order valence-electron chi connectivity index (χ1n) is 11.5. The minimum atomic E-state index is -0.383. The van der Waals surface area contributed by atoms with Crippen LogP contribution >= 0.6 is 0 Å². The van der Waals surface area contributed by atoms with E-state index in [-0.39, 0.29) is 31.3 Å². The van der Waals surface area contributed by atoms with Crippen LogP contribution in [0.25, 0.3) is 11.3 Å². The van der Waals surface area contributed by atoms with Gasteiger partial charge in [-0.05, 0) is 26.0 Å². The number of ether oxygens (including phenoxy) is 1. The molecule has 0 radical (unpaired) electrons. The SMILES string of the molecule is CCNC(=O)N1Cc2nc(N3CCOC[C@@H]3C)nc(-c3ccc(NC(=O)NCCO)cc3)c2C1. The van der Waals surface area contributed by atoms with Gasteiger partial charge in [-0.1, -0.05) is 12.1 Å². The van der Waals surface area contributed by atoms with Crippen molar-refractivity contribution in [3.05, 3.63) is 35.5 Å². The molecule has 11 heteroatoms. The number of aromatic nitrogens is 2. The van der Waals surface area contributed by atoms with E-state index < -0.39 is 0 Å². The average molecular weight is 470 g/mol. The number of hydrogen-bond donors (Lipinski definition) is 4. The highest BCUT2D eigenvalue weighted by molar-refractivity contribution is 5.89. The van der Waals surface area contributed by atoms with Gasteiger partial charge in [0.25, 0.3) is 0 Å². The normalized spacial score (nSPS) is 17.3. The van der Waals surface area contributed by atoms with Crippen molar-refractivity contribution in [2.75, 3.05) is 49.7 Å². The molecule has 4 N–H and O–H groups in total. The number of carbonyl (C=O) groups is 2. The zero-order valence-corrected chi connectivity index (χ0v) is 19.5. The van der Waals surface area contributed by atoms with Gasteiger partial charge in [0, 0.05) is 36.4 Å². The third-order valence-corrected chi connectivity index (χ3v) is 5.82. The quantitative estimate of drug-likeness (QED) is 0.504. The van der Waals surface area contributed by atoms with Gasteiger partial charge in [0.05, 0.1) is 50.3 Å². The van der Waals surface area contributed by atoms with Crippen LogP contribution in [0.15, 0.2) is 24.3 Å². The van der Waals surface area contributed by atoms with E-state index in [9.17, 15) is 9.59 Å². The van der Waals surface area contributed by atoms with Crippen LogP contribution in [0.5, 0.6) is 0 Å². The summed E-state index contributed by atoms with van der Waals surface area (Å²) in [5, 5.41) is 17.0. The Hall–Kier alpha value is -3.44. The number of aliphatic hydroxyl groups excluding tert-OH is 1. The van der Waals surface area contributed by atoms with Crippen molar-refractivity contribution >= 4 is 23.7 Å². The summed E-state index contributed by atoms with van der Waals surface area (Å²) in [4.78, 5) is 38.0. The minimum Gasteiger partial charge on any atom is -0.395 e. The number of nitrogens with zero attached hydrogens (tertiary/aromatic N) is 4. The van der Waals surface area contributed by atoms with Crippen molar-refractivity contribution in [1.29, 1.82) is 0 Å². The number of rotatable bonds is 6. The Labute approximate surface area is 198 Å². The Morgan fingerprint density at radius 2 is 1.97 bits per heavy atom. The molecule has 0 spiro atoms. The van der Waals surface area contributed by atoms with Crippen molar-refractivity contribution < 1.29 is 19.4 Å². The summed E-state index contributed by atoms with van der Waals surface area (Å²) in [5.41, 5.74) is 4.05. The zero-order chi connectivity index (χ0) is 24.1. The molecule has 3 heterocycles. The van der Waals surface area contributed by atoms with E-state index in [2.05, 4.69) is 27.8 Å². The minimum absolute atomic E-state index is 0.122. The highest BCUT2D eigenvalue weighted by Crippen LogP contribution is 2.33. The Morgan fingerprint density at radius 3 is 2.68 bits per heavy atom. The maximum atomic E-state index is 12.5. The number of urea groups is 2. The van der Waals surface area contributed by atoms with E-state index >= 15 is 0 Å². The van der Waals surface area contributed by atoms with E-state index in [0.29, 0.717) is 51.0 Å². The molecule has 1 saturated heterocycles. The molecular formula is C23H31N7O4. The maximum Gasteiger partial charge on any atom is 0.319 e. The molecule has 0 bridgehead atoms. The van der Waals surface area contributed by atoms with Gasteiger partial charge in [0.15, 0.2) is 0 Å². The van der Waals surface area contributed by atoms with E-state index in [1.54, 1.807) is 17.0 Å². The first kappa shape index (κ1) is 23.7. The van der Waals surface area contributed by atoms with E-state index in [1.807, 2.05) is 19.1 Å². The predicted octanol–water partition coefficient (Wildman–Crippen LogP) is 1.53. The number of aliphatic hydroxyl groups is 1. The Morgan fingerprint density at radius 1 is 1.18 bits per heavy atom. The molecule has 11 nitrogen and oxygen atoms in total. The van der Waals surface area contributed by atoms with Crippen LogP contribution in [0.4, 0.5) is 21.2 Å².